The summed E-state index contributed by atoms with van der Waals surface area (Å²) >= 11 is 0. The highest BCUT2D eigenvalue weighted by molar-refractivity contribution is 5.95. The third kappa shape index (κ3) is 3.57. The zero-order valence-electron chi connectivity index (χ0n) is 17.1. The minimum Gasteiger partial charge on any atom is -0.496 e. The van der Waals surface area contributed by atoms with Gasteiger partial charge >= 0.3 is 0 Å². The molecule has 4 rings (SSSR count). The zero-order valence-corrected chi connectivity index (χ0v) is 17.1. The van der Waals surface area contributed by atoms with Crippen molar-refractivity contribution in [2.45, 2.75) is 52.1 Å². The van der Waals surface area contributed by atoms with Crippen LogP contribution in [0.5, 0.6) is 5.75 Å². The van der Waals surface area contributed by atoms with Crippen molar-refractivity contribution >= 4 is 17.6 Å². The van der Waals surface area contributed by atoms with E-state index in [2.05, 4.69) is 0 Å². The van der Waals surface area contributed by atoms with E-state index in [1.54, 1.807) is 18.9 Å². The Balaban J connectivity index is 1.74. The fourth-order valence-electron chi connectivity index (χ4n) is 4.33. The molecule has 2 aliphatic heterocycles. The number of likely N-dealkylation sites (tertiary alicyclic amines) is 1. The molecule has 1 aromatic heterocycles. The number of methoxy groups -OCH3 is 1. The highest BCUT2D eigenvalue weighted by Crippen LogP contribution is 2.35. The summed E-state index contributed by atoms with van der Waals surface area (Å²) in [7, 11) is 1.63. The lowest BCUT2D eigenvalue weighted by Gasteiger charge is -2.31. The molecule has 1 saturated heterocycles. The number of amides is 2. The van der Waals surface area contributed by atoms with Crippen LogP contribution in [0.1, 0.15) is 54.9 Å². The van der Waals surface area contributed by atoms with Gasteiger partial charge in [0.15, 0.2) is 5.82 Å². The Hall–Kier alpha value is -2.96. The average molecular weight is 394 g/mol. The minimum atomic E-state index is -0.123. The number of anilines is 1. The SMILES string of the molecule is COc1ccccc1CN1C(=O)CCc2c(C)nc(C3CCCN3C(C)=O)nc21. The van der Waals surface area contributed by atoms with E-state index in [4.69, 9.17) is 14.7 Å². The van der Waals surface area contributed by atoms with Gasteiger partial charge in [-0.05, 0) is 32.3 Å². The van der Waals surface area contributed by atoms with Gasteiger partial charge < -0.3 is 9.64 Å². The number of ether oxygens (including phenoxy) is 1. The Kier molecular flexibility index (Phi) is 5.22. The van der Waals surface area contributed by atoms with Gasteiger partial charge in [0.2, 0.25) is 11.8 Å². The van der Waals surface area contributed by atoms with E-state index in [0.717, 1.165) is 42.0 Å². The Bertz CT molecular complexity index is 959. The number of para-hydroxylation sites is 1. The summed E-state index contributed by atoms with van der Waals surface area (Å²) in [6.45, 7) is 4.67. The number of hydrogen-bond acceptors (Lipinski definition) is 5. The smallest absolute Gasteiger partial charge is 0.228 e. The van der Waals surface area contributed by atoms with Gasteiger partial charge in [-0.3, -0.25) is 14.5 Å². The van der Waals surface area contributed by atoms with Crippen molar-refractivity contribution < 1.29 is 14.3 Å². The molecule has 7 heteroatoms. The number of aromatic nitrogens is 2. The van der Waals surface area contributed by atoms with Crippen molar-refractivity contribution in [1.82, 2.24) is 14.9 Å². The summed E-state index contributed by atoms with van der Waals surface area (Å²) in [6.07, 6.45) is 2.87. The molecule has 0 radical (unpaired) electrons. The van der Waals surface area contributed by atoms with Crippen molar-refractivity contribution in [3.05, 3.63) is 46.9 Å². The van der Waals surface area contributed by atoms with Gasteiger partial charge in [0.1, 0.15) is 11.6 Å². The molecule has 0 N–H and O–H groups in total. The predicted molar refractivity (Wildman–Crippen MR) is 109 cm³/mol. The second kappa shape index (κ2) is 7.81. The molecule has 0 spiro atoms. The Morgan fingerprint density at radius 3 is 2.79 bits per heavy atom. The van der Waals surface area contributed by atoms with Gasteiger partial charge in [0.05, 0.1) is 19.7 Å². The summed E-state index contributed by atoms with van der Waals surface area (Å²) in [5.41, 5.74) is 2.83. The largest absolute Gasteiger partial charge is 0.496 e. The van der Waals surface area contributed by atoms with E-state index in [1.165, 1.54) is 0 Å². The fraction of sp³-hybridized carbons (Fsp3) is 0.455. The minimum absolute atomic E-state index is 0.0356. The first-order chi connectivity index (χ1) is 14.0. The van der Waals surface area contributed by atoms with Crippen molar-refractivity contribution in [2.24, 2.45) is 0 Å². The topological polar surface area (TPSA) is 75.6 Å². The Morgan fingerprint density at radius 1 is 1.24 bits per heavy atom. The molecule has 152 valence electrons. The summed E-state index contributed by atoms with van der Waals surface area (Å²) in [5.74, 6) is 2.13. The Morgan fingerprint density at radius 2 is 2.03 bits per heavy atom. The normalized spacial score (nSPS) is 18.7. The number of benzene rings is 1. The first kappa shape index (κ1) is 19.4. The summed E-state index contributed by atoms with van der Waals surface area (Å²) < 4.78 is 5.46. The molecule has 1 atom stereocenters. The van der Waals surface area contributed by atoms with Crippen LogP contribution in [0.25, 0.3) is 0 Å². The van der Waals surface area contributed by atoms with E-state index in [1.807, 2.05) is 36.1 Å². The molecule has 3 heterocycles. The first-order valence-corrected chi connectivity index (χ1v) is 10.1. The van der Waals surface area contributed by atoms with E-state index < -0.39 is 0 Å². The lowest BCUT2D eigenvalue weighted by molar-refractivity contribution is -0.129. The van der Waals surface area contributed by atoms with Crippen LogP contribution >= 0.6 is 0 Å². The van der Waals surface area contributed by atoms with Crippen LogP contribution in [0, 0.1) is 6.92 Å². The van der Waals surface area contributed by atoms with Gasteiger partial charge in [0, 0.05) is 36.7 Å². The van der Waals surface area contributed by atoms with Crippen LogP contribution in [0.15, 0.2) is 24.3 Å². The summed E-state index contributed by atoms with van der Waals surface area (Å²) in [4.78, 5) is 38.0. The van der Waals surface area contributed by atoms with Crippen LogP contribution in [0.4, 0.5) is 5.82 Å². The number of fused-ring (bicyclic) bond motifs is 1. The molecular formula is C22H26N4O3. The molecule has 2 aliphatic rings. The molecule has 2 amide bonds. The fourth-order valence-corrected chi connectivity index (χ4v) is 4.33. The van der Waals surface area contributed by atoms with Crippen LogP contribution in [-0.4, -0.2) is 40.3 Å². The molecular weight excluding hydrogens is 368 g/mol. The van der Waals surface area contributed by atoms with Crippen molar-refractivity contribution in [1.29, 1.82) is 0 Å². The third-order valence-electron chi connectivity index (χ3n) is 5.83. The number of carbonyl (C=O) groups excluding carboxylic acids is 2. The van der Waals surface area contributed by atoms with Crippen LogP contribution < -0.4 is 9.64 Å². The standard InChI is InChI=1S/C22H26N4O3/c1-14-17-10-11-20(28)26(13-16-7-4-5-9-19(16)29-3)22(17)24-21(23-14)18-8-6-12-25(18)15(2)27/h4-5,7,9,18H,6,8,10-13H2,1-3H3. The molecule has 1 fully saturated rings. The molecule has 29 heavy (non-hydrogen) atoms. The van der Waals surface area contributed by atoms with E-state index in [0.29, 0.717) is 31.0 Å². The number of nitrogens with zero attached hydrogens (tertiary/aromatic N) is 4. The van der Waals surface area contributed by atoms with Crippen molar-refractivity contribution in [2.75, 3.05) is 18.6 Å². The number of carbonyl (C=O) groups is 2. The van der Waals surface area contributed by atoms with Gasteiger partial charge in [-0.1, -0.05) is 18.2 Å². The average Bonchev–Trinajstić information content (AvgIpc) is 3.20. The monoisotopic (exact) mass is 394 g/mol. The zero-order chi connectivity index (χ0) is 20.5. The molecule has 0 saturated carbocycles. The first-order valence-electron chi connectivity index (χ1n) is 10.1. The van der Waals surface area contributed by atoms with E-state index >= 15 is 0 Å². The maximum atomic E-state index is 12.8. The summed E-state index contributed by atoms with van der Waals surface area (Å²) in [6, 6.07) is 7.58. The van der Waals surface area contributed by atoms with Crippen molar-refractivity contribution in [3.8, 4) is 5.75 Å². The van der Waals surface area contributed by atoms with E-state index in [9.17, 15) is 9.59 Å². The molecule has 1 unspecified atom stereocenters. The molecule has 1 aromatic carbocycles. The maximum Gasteiger partial charge on any atom is 0.228 e. The van der Waals surface area contributed by atoms with Crippen molar-refractivity contribution in [3.63, 3.8) is 0 Å². The van der Waals surface area contributed by atoms with Gasteiger partial charge in [-0.2, -0.15) is 0 Å². The van der Waals surface area contributed by atoms with Crippen LogP contribution in [-0.2, 0) is 22.6 Å². The second-order valence-corrected chi connectivity index (χ2v) is 7.63. The maximum absolute atomic E-state index is 12.8. The van der Waals surface area contributed by atoms with Crippen LogP contribution in [0.3, 0.4) is 0 Å². The number of aryl methyl sites for hydroxylation is 1. The second-order valence-electron chi connectivity index (χ2n) is 7.63. The highest BCUT2D eigenvalue weighted by Gasteiger charge is 2.34. The quantitative estimate of drug-likeness (QED) is 0.797. The van der Waals surface area contributed by atoms with Crippen LogP contribution in [0.2, 0.25) is 0 Å². The van der Waals surface area contributed by atoms with Gasteiger partial charge in [-0.25, -0.2) is 9.97 Å². The summed E-state index contributed by atoms with van der Waals surface area (Å²) in [5, 5.41) is 0. The van der Waals surface area contributed by atoms with E-state index in [-0.39, 0.29) is 17.9 Å². The molecule has 7 nitrogen and oxygen atoms in total. The third-order valence-corrected chi connectivity index (χ3v) is 5.83. The molecule has 0 aliphatic carbocycles. The van der Waals surface area contributed by atoms with Gasteiger partial charge in [0.25, 0.3) is 0 Å². The number of rotatable bonds is 4. The van der Waals surface area contributed by atoms with Gasteiger partial charge in [-0.15, -0.1) is 0 Å². The highest BCUT2D eigenvalue weighted by atomic mass is 16.5. The lowest BCUT2D eigenvalue weighted by Crippen LogP contribution is -2.37. The predicted octanol–water partition coefficient (Wildman–Crippen LogP) is 2.96. The number of hydrogen-bond donors (Lipinski definition) is 0. The Labute approximate surface area is 170 Å². The lowest BCUT2D eigenvalue weighted by atomic mass is 10.0. The molecule has 2 aromatic rings. The molecule has 0 bridgehead atoms.